The normalized spacial score (nSPS) is 24.5. The van der Waals surface area contributed by atoms with Crippen molar-refractivity contribution in [3.8, 4) is 5.75 Å². The molecule has 1 unspecified atom stereocenters. The molecule has 6 nitrogen and oxygen atoms in total. The van der Waals surface area contributed by atoms with Gasteiger partial charge in [-0.2, -0.15) is 0 Å². The average molecular weight is 444 g/mol. The van der Waals surface area contributed by atoms with Crippen molar-refractivity contribution in [2.75, 3.05) is 47.0 Å². The lowest BCUT2D eigenvalue weighted by atomic mass is 9.78. The van der Waals surface area contributed by atoms with Gasteiger partial charge in [0.2, 0.25) is 0 Å². The van der Waals surface area contributed by atoms with Gasteiger partial charge in [-0.05, 0) is 51.0 Å². The van der Waals surface area contributed by atoms with Crippen molar-refractivity contribution in [1.82, 2.24) is 10.2 Å². The summed E-state index contributed by atoms with van der Waals surface area (Å²) in [5, 5.41) is 3.73. The van der Waals surface area contributed by atoms with Crippen LogP contribution in [0.25, 0.3) is 0 Å². The average Bonchev–Trinajstić information content (AvgIpc) is 3.34. The van der Waals surface area contributed by atoms with Gasteiger partial charge in [-0.1, -0.05) is 31.0 Å². The topological polar surface area (TPSA) is 55.3 Å². The molecule has 0 bridgehead atoms. The molecule has 32 heavy (non-hydrogen) atoms. The first-order valence-electron chi connectivity index (χ1n) is 12.6. The number of nitrogens with one attached hydrogen (secondary N) is 1. The first kappa shape index (κ1) is 23.4. The van der Waals surface area contributed by atoms with Gasteiger partial charge >= 0.3 is 0 Å². The van der Waals surface area contributed by atoms with Crippen LogP contribution in [0.4, 0.5) is 0 Å². The number of ether oxygens (including phenoxy) is 3. The Morgan fingerprint density at radius 3 is 2.59 bits per heavy atom. The summed E-state index contributed by atoms with van der Waals surface area (Å²) in [7, 11) is 3.68. The van der Waals surface area contributed by atoms with Gasteiger partial charge in [0, 0.05) is 44.3 Å². The van der Waals surface area contributed by atoms with Crippen LogP contribution in [0.5, 0.6) is 5.75 Å². The molecule has 0 amide bonds. The fourth-order valence-corrected chi connectivity index (χ4v) is 5.67. The molecule has 1 aromatic carbocycles. The van der Waals surface area contributed by atoms with E-state index >= 15 is 0 Å². The smallest absolute Gasteiger partial charge is 0.193 e. The molecular formula is C26H41N3O3. The number of likely N-dealkylation sites (tertiary alicyclic amines) is 1. The van der Waals surface area contributed by atoms with E-state index < -0.39 is 0 Å². The van der Waals surface area contributed by atoms with Crippen LogP contribution < -0.4 is 10.1 Å². The summed E-state index contributed by atoms with van der Waals surface area (Å²) >= 11 is 0. The maximum absolute atomic E-state index is 6.20. The lowest BCUT2D eigenvalue weighted by molar-refractivity contribution is -0.0721. The highest BCUT2D eigenvalue weighted by Gasteiger charge is 2.38. The van der Waals surface area contributed by atoms with E-state index in [0.717, 1.165) is 63.8 Å². The first-order valence-corrected chi connectivity index (χ1v) is 12.6. The molecular weight excluding hydrogens is 402 g/mol. The van der Waals surface area contributed by atoms with Gasteiger partial charge in [0.25, 0.3) is 0 Å². The molecule has 1 aliphatic carbocycles. The third kappa shape index (κ3) is 5.57. The number of hydrogen-bond donors (Lipinski definition) is 1. The van der Waals surface area contributed by atoms with Gasteiger partial charge in [0.1, 0.15) is 5.75 Å². The van der Waals surface area contributed by atoms with Crippen LogP contribution in [-0.4, -0.2) is 70.1 Å². The number of benzene rings is 1. The second kappa shape index (κ2) is 11.4. The van der Waals surface area contributed by atoms with E-state index in [0.29, 0.717) is 12.2 Å². The molecule has 1 atom stereocenters. The largest absolute Gasteiger partial charge is 0.496 e. The third-order valence-corrected chi connectivity index (χ3v) is 7.57. The Morgan fingerprint density at radius 1 is 1.12 bits per heavy atom. The van der Waals surface area contributed by atoms with E-state index in [2.05, 4.69) is 39.5 Å². The highest BCUT2D eigenvalue weighted by Crippen LogP contribution is 2.44. The zero-order valence-electron chi connectivity index (χ0n) is 20.0. The highest BCUT2D eigenvalue weighted by molar-refractivity contribution is 5.80. The van der Waals surface area contributed by atoms with Crippen LogP contribution in [0.2, 0.25) is 0 Å². The van der Waals surface area contributed by atoms with Crippen molar-refractivity contribution in [2.24, 2.45) is 4.99 Å². The number of aliphatic imine (C=N–C) groups is 1. The van der Waals surface area contributed by atoms with Crippen molar-refractivity contribution in [1.29, 1.82) is 0 Å². The first-order chi connectivity index (χ1) is 15.7. The van der Waals surface area contributed by atoms with Crippen LogP contribution in [0.3, 0.4) is 0 Å². The van der Waals surface area contributed by atoms with Crippen molar-refractivity contribution in [2.45, 2.75) is 75.4 Å². The molecule has 6 heteroatoms. The van der Waals surface area contributed by atoms with E-state index in [1.165, 1.54) is 44.1 Å². The van der Waals surface area contributed by atoms with E-state index in [4.69, 9.17) is 14.2 Å². The van der Waals surface area contributed by atoms with Crippen molar-refractivity contribution >= 4 is 5.96 Å². The van der Waals surface area contributed by atoms with E-state index in [1.807, 2.05) is 7.05 Å². The van der Waals surface area contributed by atoms with Gasteiger partial charge < -0.3 is 24.4 Å². The minimum atomic E-state index is 0.115. The predicted octanol–water partition coefficient (Wildman–Crippen LogP) is 4.13. The SMILES string of the molecule is CN=C(NCC1(c2ccccc2OC)CCCC1)N1CCC(OCC2CCCCO2)CC1. The van der Waals surface area contributed by atoms with Crippen molar-refractivity contribution in [3.05, 3.63) is 29.8 Å². The number of hydrogen-bond acceptors (Lipinski definition) is 4. The van der Waals surface area contributed by atoms with Crippen molar-refractivity contribution < 1.29 is 14.2 Å². The zero-order valence-corrected chi connectivity index (χ0v) is 20.0. The molecule has 0 spiro atoms. The molecule has 3 aliphatic rings. The van der Waals surface area contributed by atoms with Crippen LogP contribution >= 0.6 is 0 Å². The Bertz CT molecular complexity index is 734. The maximum atomic E-state index is 6.20. The van der Waals surface area contributed by atoms with Crippen molar-refractivity contribution in [3.63, 3.8) is 0 Å². The van der Waals surface area contributed by atoms with Gasteiger partial charge in [-0.15, -0.1) is 0 Å². The van der Waals surface area contributed by atoms with Crippen LogP contribution in [0.15, 0.2) is 29.3 Å². The summed E-state index contributed by atoms with van der Waals surface area (Å²) in [6.07, 6.45) is 11.3. The standard InChI is InChI=1S/C26H41N3O3/c1-27-25(29-16-12-21(13-17-29)32-19-22-9-5-8-18-31-22)28-20-26(14-6-7-15-26)23-10-3-4-11-24(23)30-2/h3-4,10-11,21-22H,5-9,12-20H2,1-2H3,(H,27,28). The highest BCUT2D eigenvalue weighted by atomic mass is 16.5. The van der Waals surface area contributed by atoms with Crippen LogP contribution in [0.1, 0.15) is 63.4 Å². The summed E-state index contributed by atoms with van der Waals surface area (Å²) in [5.74, 6) is 2.02. The number of para-hydroxylation sites is 1. The summed E-state index contributed by atoms with van der Waals surface area (Å²) in [5.41, 5.74) is 1.45. The minimum Gasteiger partial charge on any atom is -0.496 e. The molecule has 1 N–H and O–H groups in total. The molecule has 2 heterocycles. The number of rotatable bonds is 7. The summed E-state index contributed by atoms with van der Waals surface area (Å²) in [4.78, 5) is 7.01. The Morgan fingerprint density at radius 2 is 1.91 bits per heavy atom. The predicted molar refractivity (Wildman–Crippen MR) is 129 cm³/mol. The van der Waals surface area contributed by atoms with Crippen LogP contribution in [-0.2, 0) is 14.9 Å². The quantitative estimate of drug-likeness (QED) is 0.507. The monoisotopic (exact) mass is 443 g/mol. The number of methoxy groups -OCH3 is 1. The minimum absolute atomic E-state index is 0.115. The molecule has 1 saturated carbocycles. The number of piperidine rings is 1. The van der Waals surface area contributed by atoms with E-state index in [9.17, 15) is 0 Å². The maximum Gasteiger partial charge on any atom is 0.193 e. The Balaban J connectivity index is 1.30. The van der Waals surface area contributed by atoms with Gasteiger partial charge in [-0.25, -0.2) is 0 Å². The molecule has 178 valence electrons. The summed E-state index contributed by atoms with van der Waals surface area (Å²) in [6.45, 7) is 4.51. The number of guanidine groups is 1. The molecule has 0 aromatic heterocycles. The molecule has 1 aromatic rings. The van der Waals surface area contributed by atoms with Gasteiger partial charge in [0.05, 0.1) is 25.9 Å². The van der Waals surface area contributed by atoms with Crippen LogP contribution in [0, 0.1) is 0 Å². The fourth-order valence-electron chi connectivity index (χ4n) is 5.67. The lowest BCUT2D eigenvalue weighted by Gasteiger charge is -2.37. The van der Waals surface area contributed by atoms with E-state index in [-0.39, 0.29) is 5.41 Å². The molecule has 4 rings (SSSR count). The van der Waals surface area contributed by atoms with E-state index in [1.54, 1.807) is 7.11 Å². The molecule has 2 aliphatic heterocycles. The second-order valence-electron chi connectivity index (χ2n) is 9.60. The van der Waals surface area contributed by atoms with Gasteiger partial charge in [0.15, 0.2) is 5.96 Å². The Kier molecular flexibility index (Phi) is 8.31. The Labute approximate surface area is 193 Å². The van der Waals surface area contributed by atoms with Gasteiger partial charge in [-0.3, -0.25) is 4.99 Å². The fraction of sp³-hybridized carbons (Fsp3) is 0.731. The molecule has 2 saturated heterocycles. The lowest BCUT2D eigenvalue weighted by Crippen LogP contribution is -2.50. The molecule has 0 radical (unpaired) electrons. The summed E-state index contributed by atoms with van der Waals surface area (Å²) in [6, 6.07) is 8.53. The zero-order chi connectivity index (χ0) is 22.2. The third-order valence-electron chi connectivity index (χ3n) is 7.57. The summed E-state index contributed by atoms with van der Waals surface area (Å²) < 4.78 is 17.7. The second-order valence-corrected chi connectivity index (χ2v) is 9.60. The Hall–Kier alpha value is -1.79. The molecule has 3 fully saturated rings. The number of nitrogens with zero attached hydrogens (tertiary/aromatic N) is 2.